The van der Waals surface area contributed by atoms with Crippen LogP contribution in [-0.2, 0) is 24.1 Å². The summed E-state index contributed by atoms with van der Waals surface area (Å²) in [7, 11) is 0. The standard InChI is InChI=1S/C22H15F3N2O2S.ClH/c23-15-10-16(24)22-21(20(15)25)27-18(30-22)9-14-6-13(8-19(28)29)11-26-17(14)7-12-4-2-1-3-5-12;/h1-6,10-11H,7-9H2,(H,28,29);1H. The van der Waals surface area contributed by atoms with Gasteiger partial charge in [0.15, 0.2) is 11.6 Å². The molecule has 0 amide bonds. The third-order valence-electron chi connectivity index (χ3n) is 4.59. The Morgan fingerprint density at radius 1 is 1.00 bits per heavy atom. The first kappa shape index (κ1) is 22.7. The van der Waals surface area contributed by atoms with Gasteiger partial charge in [-0.25, -0.2) is 18.2 Å². The van der Waals surface area contributed by atoms with Crippen LogP contribution in [0.4, 0.5) is 13.2 Å². The molecule has 4 nitrogen and oxygen atoms in total. The zero-order valence-electron chi connectivity index (χ0n) is 15.9. The SMILES string of the molecule is Cl.O=C(O)Cc1cnc(Cc2ccccc2)c(Cc2nc3c(F)c(F)cc(F)c3s2)c1. The van der Waals surface area contributed by atoms with E-state index in [0.29, 0.717) is 34.3 Å². The van der Waals surface area contributed by atoms with E-state index in [-0.39, 0.29) is 35.5 Å². The minimum absolute atomic E-state index is 0. The van der Waals surface area contributed by atoms with Crippen molar-refractivity contribution in [2.75, 3.05) is 0 Å². The first-order valence-corrected chi connectivity index (χ1v) is 9.87. The summed E-state index contributed by atoms with van der Waals surface area (Å²) in [4.78, 5) is 19.6. The molecule has 4 rings (SSSR count). The molecule has 0 fully saturated rings. The second kappa shape index (κ2) is 9.45. The van der Waals surface area contributed by atoms with Gasteiger partial charge < -0.3 is 5.11 Å². The normalized spacial score (nSPS) is 10.8. The Morgan fingerprint density at radius 2 is 1.74 bits per heavy atom. The second-order valence-electron chi connectivity index (χ2n) is 6.80. The van der Waals surface area contributed by atoms with Gasteiger partial charge in [-0.3, -0.25) is 9.78 Å². The highest BCUT2D eigenvalue weighted by atomic mass is 35.5. The number of nitrogens with zero attached hydrogens (tertiary/aromatic N) is 2. The summed E-state index contributed by atoms with van der Waals surface area (Å²) >= 11 is 0.939. The number of hydrogen-bond acceptors (Lipinski definition) is 4. The average molecular weight is 465 g/mol. The highest BCUT2D eigenvalue weighted by molar-refractivity contribution is 7.18. The average Bonchev–Trinajstić information content (AvgIpc) is 3.13. The van der Waals surface area contributed by atoms with Gasteiger partial charge in [-0.05, 0) is 16.7 Å². The summed E-state index contributed by atoms with van der Waals surface area (Å²) in [6.45, 7) is 0. The number of halogens is 4. The largest absolute Gasteiger partial charge is 0.481 e. The molecule has 0 saturated carbocycles. The summed E-state index contributed by atoms with van der Waals surface area (Å²) < 4.78 is 41.5. The number of fused-ring (bicyclic) bond motifs is 1. The van der Waals surface area contributed by atoms with Crippen LogP contribution in [0, 0.1) is 17.5 Å². The van der Waals surface area contributed by atoms with Crippen molar-refractivity contribution >= 4 is 39.9 Å². The molecule has 0 aliphatic carbocycles. The van der Waals surface area contributed by atoms with Crippen molar-refractivity contribution in [1.82, 2.24) is 9.97 Å². The summed E-state index contributed by atoms with van der Waals surface area (Å²) in [5, 5.41) is 9.46. The molecular formula is C22H16ClF3N2O2S. The van der Waals surface area contributed by atoms with Crippen LogP contribution in [0.15, 0.2) is 48.7 Å². The molecule has 0 aliphatic rings. The fourth-order valence-corrected chi connectivity index (χ4v) is 4.22. The Bertz CT molecular complexity index is 1250. The Labute approximate surface area is 185 Å². The zero-order chi connectivity index (χ0) is 21.3. The Kier molecular flexibility index (Phi) is 6.92. The third kappa shape index (κ3) is 5.03. The van der Waals surface area contributed by atoms with Crippen LogP contribution >= 0.6 is 23.7 Å². The Hall–Kier alpha value is -2.97. The number of carboxylic acids is 1. The van der Waals surface area contributed by atoms with Crippen LogP contribution in [0.3, 0.4) is 0 Å². The lowest BCUT2D eigenvalue weighted by Gasteiger charge is -2.10. The maximum absolute atomic E-state index is 14.0. The van der Waals surface area contributed by atoms with Crippen LogP contribution in [0.5, 0.6) is 0 Å². The van der Waals surface area contributed by atoms with Gasteiger partial charge in [-0.15, -0.1) is 23.7 Å². The number of thiazole rings is 1. The molecular weight excluding hydrogens is 449 g/mol. The van der Waals surface area contributed by atoms with Gasteiger partial charge in [0.1, 0.15) is 11.3 Å². The molecule has 2 aromatic carbocycles. The van der Waals surface area contributed by atoms with E-state index < -0.39 is 23.4 Å². The van der Waals surface area contributed by atoms with E-state index in [1.165, 1.54) is 6.20 Å². The number of hydrogen-bond donors (Lipinski definition) is 1. The molecule has 0 saturated heterocycles. The van der Waals surface area contributed by atoms with Crippen molar-refractivity contribution in [2.45, 2.75) is 19.3 Å². The van der Waals surface area contributed by atoms with Crippen LogP contribution in [0.2, 0.25) is 0 Å². The van der Waals surface area contributed by atoms with Gasteiger partial charge in [-0.1, -0.05) is 36.4 Å². The maximum Gasteiger partial charge on any atom is 0.307 e. The lowest BCUT2D eigenvalue weighted by atomic mass is 10.0. The smallest absolute Gasteiger partial charge is 0.307 e. The van der Waals surface area contributed by atoms with E-state index in [9.17, 15) is 18.0 Å². The number of aliphatic carboxylic acids is 1. The fourth-order valence-electron chi connectivity index (χ4n) is 3.23. The van der Waals surface area contributed by atoms with Gasteiger partial charge in [-0.2, -0.15) is 0 Å². The van der Waals surface area contributed by atoms with Crippen molar-refractivity contribution in [3.63, 3.8) is 0 Å². The van der Waals surface area contributed by atoms with E-state index in [1.54, 1.807) is 6.07 Å². The summed E-state index contributed by atoms with van der Waals surface area (Å²) in [6.07, 6.45) is 2.02. The van der Waals surface area contributed by atoms with Crippen molar-refractivity contribution in [3.8, 4) is 0 Å². The highest BCUT2D eigenvalue weighted by Gasteiger charge is 2.19. The van der Waals surface area contributed by atoms with Crippen LogP contribution in [0.1, 0.15) is 27.4 Å². The monoisotopic (exact) mass is 464 g/mol. The number of rotatable bonds is 6. The van der Waals surface area contributed by atoms with Gasteiger partial charge in [0, 0.05) is 30.8 Å². The molecule has 0 atom stereocenters. The van der Waals surface area contributed by atoms with Crippen molar-refractivity contribution in [1.29, 1.82) is 0 Å². The molecule has 9 heteroatoms. The minimum Gasteiger partial charge on any atom is -0.481 e. The molecule has 160 valence electrons. The molecule has 31 heavy (non-hydrogen) atoms. The van der Waals surface area contributed by atoms with E-state index >= 15 is 0 Å². The van der Waals surface area contributed by atoms with Gasteiger partial charge >= 0.3 is 5.97 Å². The summed E-state index contributed by atoms with van der Waals surface area (Å²) in [5.41, 5.74) is 2.60. The van der Waals surface area contributed by atoms with Gasteiger partial charge in [0.05, 0.1) is 16.1 Å². The molecule has 0 unspecified atom stereocenters. The third-order valence-corrected chi connectivity index (χ3v) is 5.65. The van der Waals surface area contributed by atoms with Crippen molar-refractivity contribution < 1.29 is 23.1 Å². The second-order valence-corrected chi connectivity index (χ2v) is 7.88. The molecule has 0 spiro atoms. The summed E-state index contributed by atoms with van der Waals surface area (Å²) in [6, 6.07) is 11.8. The molecule has 0 aliphatic heterocycles. The first-order chi connectivity index (χ1) is 14.4. The molecule has 2 heterocycles. The minimum atomic E-state index is -1.29. The molecule has 4 aromatic rings. The number of benzene rings is 2. The quantitative estimate of drug-likeness (QED) is 0.391. The highest BCUT2D eigenvalue weighted by Crippen LogP contribution is 2.30. The number of carbonyl (C=O) groups is 1. The van der Waals surface area contributed by atoms with E-state index in [0.717, 1.165) is 16.9 Å². The van der Waals surface area contributed by atoms with Crippen molar-refractivity contribution in [2.24, 2.45) is 0 Å². The Balaban J connectivity index is 0.00000272. The topological polar surface area (TPSA) is 63.1 Å². The van der Waals surface area contributed by atoms with Gasteiger partial charge in [0.2, 0.25) is 0 Å². The summed E-state index contributed by atoms with van der Waals surface area (Å²) in [5.74, 6) is -4.32. The van der Waals surface area contributed by atoms with E-state index in [4.69, 9.17) is 5.11 Å². The zero-order valence-corrected chi connectivity index (χ0v) is 17.6. The van der Waals surface area contributed by atoms with Crippen molar-refractivity contribution in [3.05, 3.63) is 93.5 Å². The Morgan fingerprint density at radius 3 is 2.45 bits per heavy atom. The predicted molar refractivity (Wildman–Crippen MR) is 114 cm³/mol. The lowest BCUT2D eigenvalue weighted by Crippen LogP contribution is -2.06. The predicted octanol–water partition coefficient (Wildman–Crippen LogP) is 5.34. The molecule has 1 N–H and O–H groups in total. The maximum atomic E-state index is 14.0. The number of carboxylic acid groups (broad SMARTS) is 1. The molecule has 2 aromatic heterocycles. The lowest BCUT2D eigenvalue weighted by molar-refractivity contribution is -0.136. The fraction of sp³-hybridized carbons (Fsp3) is 0.136. The number of pyridine rings is 1. The molecule has 0 radical (unpaired) electrons. The van der Waals surface area contributed by atoms with Crippen LogP contribution in [-0.4, -0.2) is 21.0 Å². The van der Waals surface area contributed by atoms with Gasteiger partial charge in [0.25, 0.3) is 0 Å². The first-order valence-electron chi connectivity index (χ1n) is 9.06. The van der Waals surface area contributed by atoms with E-state index in [2.05, 4.69) is 9.97 Å². The van der Waals surface area contributed by atoms with Crippen LogP contribution in [0.25, 0.3) is 10.2 Å². The van der Waals surface area contributed by atoms with E-state index in [1.807, 2.05) is 30.3 Å². The number of aromatic nitrogens is 2. The molecule has 0 bridgehead atoms. The van der Waals surface area contributed by atoms with Crippen LogP contribution < -0.4 is 0 Å².